The standard InChI is InChI=1S/C12H10N4OS/c17-11(14-9-1-3-13-4-2-9)7-10-8-16-5-6-18-12(16)15-10/h1-6,8H,7H2,(H,13,14,17). The lowest BCUT2D eigenvalue weighted by Crippen LogP contribution is -2.14. The van der Waals surface area contributed by atoms with Crippen LogP contribution >= 0.6 is 11.3 Å². The van der Waals surface area contributed by atoms with E-state index in [1.165, 1.54) is 0 Å². The highest BCUT2D eigenvalue weighted by Gasteiger charge is 2.08. The van der Waals surface area contributed by atoms with Crippen LogP contribution < -0.4 is 5.32 Å². The van der Waals surface area contributed by atoms with Crippen LogP contribution in [0.2, 0.25) is 0 Å². The second-order valence-corrected chi connectivity index (χ2v) is 4.66. The predicted octanol–water partition coefficient (Wildman–Crippen LogP) is 1.97. The Hall–Kier alpha value is -2.21. The number of thiazole rings is 1. The molecule has 0 saturated carbocycles. The SMILES string of the molecule is O=C(Cc1cn2ccsc2n1)Nc1ccncc1. The van der Waals surface area contributed by atoms with Crippen molar-refractivity contribution in [1.82, 2.24) is 14.4 Å². The Morgan fingerprint density at radius 2 is 2.22 bits per heavy atom. The van der Waals surface area contributed by atoms with E-state index in [9.17, 15) is 4.79 Å². The van der Waals surface area contributed by atoms with Crippen LogP contribution in [0, 0.1) is 0 Å². The molecule has 0 saturated heterocycles. The van der Waals surface area contributed by atoms with E-state index in [4.69, 9.17) is 0 Å². The van der Waals surface area contributed by atoms with E-state index in [1.54, 1.807) is 35.9 Å². The summed E-state index contributed by atoms with van der Waals surface area (Å²) in [6.07, 6.45) is 7.36. The maximum Gasteiger partial charge on any atom is 0.230 e. The molecule has 0 aromatic carbocycles. The van der Waals surface area contributed by atoms with Gasteiger partial charge in [0.1, 0.15) is 0 Å². The Morgan fingerprint density at radius 1 is 1.39 bits per heavy atom. The van der Waals surface area contributed by atoms with Crippen molar-refractivity contribution in [2.24, 2.45) is 0 Å². The molecule has 0 bridgehead atoms. The maximum atomic E-state index is 11.8. The summed E-state index contributed by atoms with van der Waals surface area (Å²) in [6.45, 7) is 0. The van der Waals surface area contributed by atoms with Crippen molar-refractivity contribution >= 4 is 27.9 Å². The number of anilines is 1. The molecule has 0 aliphatic heterocycles. The van der Waals surface area contributed by atoms with Crippen molar-refractivity contribution in [2.45, 2.75) is 6.42 Å². The largest absolute Gasteiger partial charge is 0.326 e. The lowest BCUT2D eigenvalue weighted by atomic mass is 10.3. The minimum Gasteiger partial charge on any atom is -0.326 e. The first kappa shape index (κ1) is 10.9. The predicted molar refractivity (Wildman–Crippen MR) is 69.6 cm³/mol. The van der Waals surface area contributed by atoms with Crippen LogP contribution in [0.25, 0.3) is 4.96 Å². The number of fused-ring (bicyclic) bond motifs is 1. The molecule has 3 rings (SSSR count). The molecular formula is C12H10N4OS. The molecule has 0 atom stereocenters. The first-order chi connectivity index (χ1) is 8.81. The Bertz CT molecular complexity index is 645. The number of hydrogen-bond donors (Lipinski definition) is 1. The Kier molecular flexibility index (Phi) is 2.77. The molecule has 18 heavy (non-hydrogen) atoms. The summed E-state index contributed by atoms with van der Waals surface area (Å²) < 4.78 is 1.92. The molecule has 0 unspecified atom stereocenters. The summed E-state index contributed by atoms with van der Waals surface area (Å²) in [6, 6.07) is 3.51. The zero-order valence-corrected chi connectivity index (χ0v) is 10.2. The van der Waals surface area contributed by atoms with Gasteiger partial charge in [0.15, 0.2) is 4.96 Å². The molecule has 3 aromatic heterocycles. The molecule has 3 heterocycles. The van der Waals surface area contributed by atoms with Gasteiger partial charge < -0.3 is 5.32 Å². The smallest absolute Gasteiger partial charge is 0.230 e. The van der Waals surface area contributed by atoms with Crippen molar-refractivity contribution in [1.29, 1.82) is 0 Å². The first-order valence-corrected chi connectivity index (χ1v) is 6.30. The van der Waals surface area contributed by atoms with Gasteiger partial charge in [0, 0.05) is 35.9 Å². The lowest BCUT2D eigenvalue weighted by Gasteiger charge is -2.02. The quantitative estimate of drug-likeness (QED) is 0.781. The van der Waals surface area contributed by atoms with E-state index in [0.717, 1.165) is 16.3 Å². The van der Waals surface area contributed by atoms with Crippen molar-refractivity contribution in [2.75, 3.05) is 5.32 Å². The van der Waals surface area contributed by atoms with Crippen molar-refractivity contribution < 1.29 is 4.79 Å². The molecule has 0 aliphatic rings. The molecule has 90 valence electrons. The van der Waals surface area contributed by atoms with Gasteiger partial charge >= 0.3 is 0 Å². The fourth-order valence-corrected chi connectivity index (χ4v) is 2.39. The van der Waals surface area contributed by atoms with Crippen LogP contribution in [0.5, 0.6) is 0 Å². The third-order valence-electron chi connectivity index (χ3n) is 2.45. The zero-order valence-electron chi connectivity index (χ0n) is 9.41. The summed E-state index contributed by atoms with van der Waals surface area (Å²) >= 11 is 1.55. The highest BCUT2D eigenvalue weighted by Crippen LogP contribution is 2.12. The minimum absolute atomic E-state index is 0.0769. The van der Waals surface area contributed by atoms with E-state index in [-0.39, 0.29) is 12.3 Å². The molecule has 1 amide bonds. The number of nitrogens with one attached hydrogen (secondary N) is 1. The number of hydrogen-bond acceptors (Lipinski definition) is 4. The number of rotatable bonds is 3. The Labute approximate surface area is 107 Å². The van der Waals surface area contributed by atoms with Gasteiger partial charge in [-0.05, 0) is 12.1 Å². The lowest BCUT2D eigenvalue weighted by molar-refractivity contribution is -0.115. The average molecular weight is 258 g/mol. The number of carbonyl (C=O) groups is 1. The summed E-state index contributed by atoms with van der Waals surface area (Å²) in [7, 11) is 0. The monoisotopic (exact) mass is 258 g/mol. The number of carbonyl (C=O) groups excluding carboxylic acids is 1. The molecule has 0 aliphatic carbocycles. The van der Waals surface area contributed by atoms with Crippen LogP contribution in [0.3, 0.4) is 0 Å². The first-order valence-electron chi connectivity index (χ1n) is 5.42. The van der Waals surface area contributed by atoms with Crippen molar-refractivity contribution in [3.8, 4) is 0 Å². The van der Waals surface area contributed by atoms with Gasteiger partial charge in [0.05, 0.1) is 12.1 Å². The number of nitrogens with zero attached hydrogens (tertiary/aromatic N) is 3. The summed E-state index contributed by atoms with van der Waals surface area (Å²) in [5.74, 6) is -0.0769. The summed E-state index contributed by atoms with van der Waals surface area (Å²) in [4.78, 5) is 21.0. The van der Waals surface area contributed by atoms with Gasteiger partial charge in [0.2, 0.25) is 5.91 Å². The van der Waals surface area contributed by atoms with Gasteiger partial charge in [0.25, 0.3) is 0 Å². The Balaban J connectivity index is 1.69. The van der Waals surface area contributed by atoms with E-state index in [1.807, 2.05) is 22.2 Å². The second kappa shape index (κ2) is 4.58. The molecule has 3 aromatic rings. The number of aromatic nitrogens is 3. The minimum atomic E-state index is -0.0769. The van der Waals surface area contributed by atoms with Crippen LogP contribution in [0.1, 0.15) is 5.69 Å². The van der Waals surface area contributed by atoms with Gasteiger partial charge in [-0.1, -0.05) is 0 Å². The Morgan fingerprint density at radius 3 is 3.00 bits per heavy atom. The highest BCUT2D eigenvalue weighted by molar-refractivity contribution is 7.15. The molecule has 6 heteroatoms. The van der Waals surface area contributed by atoms with E-state index < -0.39 is 0 Å². The third kappa shape index (κ3) is 2.23. The number of imidazole rings is 1. The van der Waals surface area contributed by atoms with Gasteiger partial charge in [-0.25, -0.2) is 4.98 Å². The van der Waals surface area contributed by atoms with E-state index in [0.29, 0.717) is 0 Å². The van der Waals surface area contributed by atoms with Crippen LogP contribution in [-0.2, 0) is 11.2 Å². The average Bonchev–Trinajstić information content (AvgIpc) is 2.90. The molecule has 1 N–H and O–H groups in total. The van der Waals surface area contributed by atoms with Gasteiger partial charge in [-0.15, -0.1) is 11.3 Å². The van der Waals surface area contributed by atoms with Crippen LogP contribution in [-0.4, -0.2) is 20.3 Å². The topological polar surface area (TPSA) is 59.3 Å². The second-order valence-electron chi connectivity index (χ2n) is 3.79. The molecular weight excluding hydrogens is 248 g/mol. The molecule has 0 radical (unpaired) electrons. The summed E-state index contributed by atoms with van der Waals surface area (Å²) in [5, 5.41) is 4.76. The van der Waals surface area contributed by atoms with Crippen LogP contribution in [0.15, 0.2) is 42.3 Å². The fourth-order valence-electron chi connectivity index (χ4n) is 1.67. The normalized spacial score (nSPS) is 10.7. The number of amides is 1. The van der Waals surface area contributed by atoms with E-state index in [2.05, 4.69) is 15.3 Å². The molecule has 0 spiro atoms. The molecule has 0 fully saturated rings. The fraction of sp³-hybridized carbons (Fsp3) is 0.0833. The van der Waals surface area contributed by atoms with Crippen molar-refractivity contribution in [3.63, 3.8) is 0 Å². The maximum absolute atomic E-state index is 11.8. The van der Waals surface area contributed by atoms with Crippen LogP contribution in [0.4, 0.5) is 5.69 Å². The van der Waals surface area contributed by atoms with Gasteiger partial charge in [-0.2, -0.15) is 0 Å². The number of pyridine rings is 1. The molecule has 5 nitrogen and oxygen atoms in total. The zero-order chi connectivity index (χ0) is 12.4. The van der Waals surface area contributed by atoms with E-state index >= 15 is 0 Å². The van der Waals surface area contributed by atoms with Crippen molar-refractivity contribution in [3.05, 3.63) is 48.0 Å². The third-order valence-corrected chi connectivity index (χ3v) is 3.22. The van der Waals surface area contributed by atoms with Gasteiger partial charge in [-0.3, -0.25) is 14.2 Å². The summed E-state index contributed by atoms with van der Waals surface area (Å²) in [5.41, 5.74) is 1.52. The highest BCUT2D eigenvalue weighted by atomic mass is 32.1.